The van der Waals surface area contributed by atoms with Gasteiger partial charge < -0.3 is 52.8 Å². The maximum atomic E-state index is 14.3. The second-order valence-electron chi connectivity index (χ2n) is 17.2. The van der Waals surface area contributed by atoms with Crippen molar-refractivity contribution in [2.75, 3.05) is 57.7 Å². The zero-order valence-corrected chi connectivity index (χ0v) is 39.1. The Morgan fingerprint density at radius 3 is 2.12 bits per heavy atom. The van der Waals surface area contributed by atoms with Crippen LogP contribution >= 0.6 is 0 Å². The van der Waals surface area contributed by atoms with Crippen LogP contribution in [-0.4, -0.2) is 122 Å². The normalized spacial score (nSPS) is 14.1. The van der Waals surface area contributed by atoms with Gasteiger partial charge in [-0.15, -0.1) is 0 Å². The number of rotatable bonds is 23. The highest BCUT2D eigenvalue weighted by atomic mass is 16.6. The molecule has 1 fully saturated rings. The van der Waals surface area contributed by atoms with Gasteiger partial charge in [-0.2, -0.15) is 0 Å². The Labute approximate surface area is 393 Å². The van der Waals surface area contributed by atoms with Crippen molar-refractivity contribution in [3.05, 3.63) is 95.6 Å². The van der Waals surface area contributed by atoms with E-state index in [0.717, 1.165) is 29.7 Å². The van der Waals surface area contributed by atoms with Gasteiger partial charge in [-0.25, -0.2) is 9.59 Å². The van der Waals surface area contributed by atoms with Crippen LogP contribution in [0.15, 0.2) is 83.9 Å². The van der Waals surface area contributed by atoms with Crippen molar-refractivity contribution in [1.82, 2.24) is 42.1 Å². The Balaban J connectivity index is 1.29. The lowest BCUT2D eigenvalue weighted by Gasteiger charge is -2.32. The maximum Gasteiger partial charge on any atom is 0.407 e. The number of amides is 7. The number of urea groups is 1. The number of phenols is 1. The topological polar surface area (TPSA) is 270 Å². The van der Waals surface area contributed by atoms with Crippen LogP contribution in [0.3, 0.4) is 0 Å². The summed E-state index contributed by atoms with van der Waals surface area (Å²) in [7, 11) is 0. The Hall–Kier alpha value is -6.89. The van der Waals surface area contributed by atoms with Gasteiger partial charge in [0.15, 0.2) is 5.96 Å². The molecule has 4 rings (SSSR count). The van der Waals surface area contributed by atoms with Crippen molar-refractivity contribution >= 4 is 47.4 Å². The predicted octanol–water partition coefficient (Wildman–Crippen LogP) is 3.15. The lowest BCUT2D eigenvalue weighted by molar-refractivity contribution is -0.129. The maximum absolute atomic E-state index is 14.3. The molecule has 0 bridgehead atoms. The third-order valence-corrected chi connectivity index (χ3v) is 10.6. The number of alkyl carbamates (subject to hydrolysis) is 1. The number of ether oxygens (including phenoxy) is 1. The third-order valence-electron chi connectivity index (χ3n) is 10.6. The Kier molecular flexibility index (Phi) is 21.7. The average molecular weight is 928 g/mol. The number of nitrogens with zero attached hydrogens (tertiary/aromatic N) is 2. The first-order valence-electron chi connectivity index (χ1n) is 22.9. The Morgan fingerprint density at radius 2 is 1.45 bits per heavy atom. The van der Waals surface area contributed by atoms with Crippen molar-refractivity contribution in [3.63, 3.8) is 0 Å². The largest absolute Gasteiger partial charge is 0.508 e. The molecule has 1 heterocycles. The quantitative estimate of drug-likeness (QED) is 0.0375. The number of carbonyl (C=O) groups is 6. The first-order chi connectivity index (χ1) is 32.1. The number of benzene rings is 3. The molecule has 19 heteroatoms. The number of aliphatic imine (C=N–C) groups is 1. The minimum absolute atomic E-state index is 0.0202. The summed E-state index contributed by atoms with van der Waals surface area (Å²) in [5, 5.41) is 32.5. The molecule has 2 atom stereocenters. The van der Waals surface area contributed by atoms with E-state index in [1.807, 2.05) is 75.4 Å². The summed E-state index contributed by atoms with van der Waals surface area (Å²) in [6.45, 7) is 10.8. The van der Waals surface area contributed by atoms with Crippen molar-refractivity contribution in [1.29, 1.82) is 0 Å². The van der Waals surface area contributed by atoms with Crippen LogP contribution in [0.5, 0.6) is 5.75 Å². The van der Waals surface area contributed by atoms with E-state index in [9.17, 15) is 33.9 Å². The van der Waals surface area contributed by atoms with Crippen LogP contribution in [0.25, 0.3) is 0 Å². The minimum Gasteiger partial charge on any atom is -0.508 e. The standard InChI is InChI=1S/C48H69N11O8/c1-5-40(61)52-27-28-54-46(65)58-45(49)53-24-9-13-39(43(63)55-31-33-14-20-38(60)21-15-33)57-44(64)42(34-11-7-6-8-12-34)35-16-18-36(19-17-35)50-25-10-26-51-41(62)32-59-29-22-37(23-30-59)56-47(66)67-48(2,3)4/h6-8,11-12,14-21,37,39,42,50,60H,5,9-10,13,22-32H2,1-4H3,(H,51,62)(H,52,61)(H,55,63)(H,56,66)(H,57,64)(H4,49,53,54,58,65)/t39-,42?/m1/s1. The number of hydrogen-bond acceptors (Lipinski definition) is 11. The van der Waals surface area contributed by atoms with Gasteiger partial charge in [0.1, 0.15) is 17.4 Å². The van der Waals surface area contributed by atoms with Gasteiger partial charge in [0, 0.05) is 70.5 Å². The number of carbonyl (C=O) groups excluding carboxylic acids is 6. The molecule has 0 spiro atoms. The molecule has 1 aliphatic rings. The zero-order chi connectivity index (χ0) is 48.6. The molecule has 1 aliphatic heterocycles. The highest BCUT2D eigenvalue weighted by Crippen LogP contribution is 2.27. The van der Waals surface area contributed by atoms with E-state index >= 15 is 0 Å². The molecule has 11 N–H and O–H groups in total. The number of anilines is 1. The number of nitrogens with one attached hydrogen (secondary N) is 8. The first kappa shape index (κ1) is 52.7. The van der Waals surface area contributed by atoms with Crippen LogP contribution in [-0.2, 0) is 30.5 Å². The molecule has 3 aromatic rings. The fraction of sp³-hybridized carbons (Fsp3) is 0.479. The predicted molar refractivity (Wildman–Crippen MR) is 257 cm³/mol. The molecule has 19 nitrogen and oxygen atoms in total. The summed E-state index contributed by atoms with van der Waals surface area (Å²) >= 11 is 0. The van der Waals surface area contributed by atoms with Gasteiger partial charge in [0.05, 0.1) is 12.5 Å². The van der Waals surface area contributed by atoms with Crippen LogP contribution < -0.4 is 48.3 Å². The average Bonchev–Trinajstić information content (AvgIpc) is 3.29. The molecule has 1 unspecified atom stereocenters. The van der Waals surface area contributed by atoms with E-state index in [4.69, 9.17) is 10.5 Å². The highest BCUT2D eigenvalue weighted by Gasteiger charge is 2.28. The lowest BCUT2D eigenvalue weighted by Crippen LogP contribution is -2.48. The van der Waals surface area contributed by atoms with Gasteiger partial charge in [-0.05, 0) is 93.8 Å². The number of phenolic OH excluding ortho intramolecular Hbond substituents is 1. The van der Waals surface area contributed by atoms with E-state index in [2.05, 4.69) is 52.4 Å². The van der Waals surface area contributed by atoms with E-state index in [1.165, 1.54) is 12.1 Å². The van der Waals surface area contributed by atoms with Crippen LogP contribution in [0.2, 0.25) is 0 Å². The van der Waals surface area contributed by atoms with Crippen LogP contribution in [0.4, 0.5) is 15.3 Å². The molecule has 67 heavy (non-hydrogen) atoms. The molecule has 0 aromatic heterocycles. The van der Waals surface area contributed by atoms with E-state index in [-0.39, 0.29) is 68.1 Å². The summed E-state index contributed by atoms with van der Waals surface area (Å²) in [4.78, 5) is 82.6. The molecule has 7 amide bonds. The number of hydrogen-bond donors (Lipinski definition) is 10. The summed E-state index contributed by atoms with van der Waals surface area (Å²) in [6.07, 6.45) is 2.63. The van der Waals surface area contributed by atoms with Gasteiger partial charge >= 0.3 is 12.1 Å². The van der Waals surface area contributed by atoms with Crippen molar-refractivity contribution in [3.8, 4) is 5.75 Å². The Bertz CT molecular complexity index is 2070. The smallest absolute Gasteiger partial charge is 0.407 e. The van der Waals surface area contributed by atoms with Gasteiger partial charge in [-0.1, -0.05) is 61.5 Å². The molecule has 0 aliphatic carbocycles. The monoisotopic (exact) mass is 928 g/mol. The Morgan fingerprint density at radius 1 is 0.791 bits per heavy atom. The van der Waals surface area contributed by atoms with Crippen LogP contribution in [0.1, 0.15) is 88.8 Å². The van der Waals surface area contributed by atoms with E-state index in [0.29, 0.717) is 57.5 Å². The van der Waals surface area contributed by atoms with Crippen molar-refractivity contribution in [2.45, 2.75) is 96.4 Å². The summed E-state index contributed by atoms with van der Waals surface area (Å²) in [6, 6.07) is 21.7. The number of likely N-dealkylation sites (tertiary alicyclic amines) is 1. The van der Waals surface area contributed by atoms with E-state index in [1.54, 1.807) is 19.1 Å². The lowest BCUT2D eigenvalue weighted by atomic mass is 9.90. The first-order valence-corrected chi connectivity index (χ1v) is 22.9. The van der Waals surface area contributed by atoms with Gasteiger partial charge in [-0.3, -0.25) is 34.4 Å². The molecule has 0 saturated carbocycles. The minimum atomic E-state index is -0.955. The van der Waals surface area contributed by atoms with Crippen LogP contribution in [0, 0.1) is 0 Å². The summed E-state index contributed by atoms with van der Waals surface area (Å²) < 4.78 is 5.35. The molecular formula is C48H69N11O8. The SMILES string of the molecule is CCC(=O)NCCNC(=O)NC(N)=NCCC[C@@H](NC(=O)C(c1ccccc1)c1ccc(NCCCNC(=O)CN2CCC(NC(=O)OC(C)(C)C)CC2)cc1)C(=O)NCc1ccc(O)cc1. The second kappa shape index (κ2) is 27.6. The number of piperidine rings is 1. The molecular weight excluding hydrogens is 859 g/mol. The molecule has 1 saturated heterocycles. The zero-order valence-electron chi connectivity index (χ0n) is 39.1. The summed E-state index contributed by atoms with van der Waals surface area (Å²) in [5.41, 5.74) is 8.40. The molecule has 0 radical (unpaired) electrons. The molecule has 364 valence electrons. The van der Waals surface area contributed by atoms with Gasteiger partial charge in [0.25, 0.3) is 0 Å². The second-order valence-corrected chi connectivity index (χ2v) is 17.2. The highest BCUT2D eigenvalue weighted by molar-refractivity contribution is 5.95. The number of guanidine groups is 1. The fourth-order valence-corrected chi connectivity index (χ4v) is 7.10. The van der Waals surface area contributed by atoms with Gasteiger partial charge in [0.2, 0.25) is 23.6 Å². The van der Waals surface area contributed by atoms with E-state index < -0.39 is 35.6 Å². The summed E-state index contributed by atoms with van der Waals surface area (Å²) in [5.74, 6) is -1.76. The van der Waals surface area contributed by atoms with Crippen molar-refractivity contribution < 1.29 is 38.6 Å². The number of aromatic hydroxyl groups is 1. The molecule has 3 aromatic carbocycles. The van der Waals surface area contributed by atoms with Crippen molar-refractivity contribution in [2.24, 2.45) is 10.7 Å². The third kappa shape index (κ3) is 20.4. The fourth-order valence-electron chi connectivity index (χ4n) is 7.10. The number of nitrogens with two attached hydrogens (primary N) is 1.